The minimum Gasteiger partial charge on any atom is -0.356 e. The lowest BCUT2D eigenvalue weighted by atomic mass is 10.3. The van der Waals surface area contributed by atoms with Gasteiger partial charge in [0.05, 0.1) is 11.2 Å². The maximum atomic E-state index is 11.3. The molecule has 0 radical (unpaired) electrons. The van der Waals surface area contributed by atoms with E-state index in [1.54, 1.807) is 17.1 Å². The van der Waals surface area contributed by atoms with Crippen LogP contribution in [0.1, 0.15) is 26.2 Å². The number of nitrogens with one attached hydrogen (secondary N) is 1. The van der Waals surface area contributed by atoms with Crippen molar-refractivity contribution >= 4 is 17.5 Å². The van der Waals surface area contributed by atoms with Crippen LogP contribution in [0.25, 0.3) is 0 Å². The Bertz CT molecular complexity index is 311. The summed E-state index contributed by atoms with van der Waals surface area (Å²) < 4.78 is 1.67. The first-order valence-corrected chi connectivity index (χ1v) is 5.55. The van der Waals surface area contributed by atoms with Gasteiger partial charge in [0.2, 0.25) is 5.91 Å². The summed E-state index contributed by atoms with van der Waals surface area (Å²) >= 11 is 5.69. The van der Waals surface area contributed by atoms with Crippen molar-refractivity contribution in [3.63, 3.8) is 0 Å². The van der Waals surface area contributed by atoms with Gasteiger partial charge in [0, 0.05) is 25.7 Å². The van der Waals surface area contributed by atoms with Crippen molar-refractivity contribution in [3.05, 3.63) is 17.4 Å². The minimum atomic E-state index is 0.0649. The molecule has 1 N–H and O–H groups in total. The first-order valence-electron chi connectivity index (χ1n) is 5.17. The van der Waals surface area contributed by atoms with Gasteiger partial charge in [0.25, 0.3) is 0 Å². The molecule has 0 saturated carbocycles. The van der Waals surface area contributed by atoms with E-state index < -0.39 is 0 Å². The molecule has 0 unspecified atom stereocenters. The van der Waals surface area contributed by atoms with Gasteiger partial charge in [-0.1, -0.05) is 24.9 Å². The average molecular weight is 230 g/mol. The molecular formula is C10H16ClN3O. The lowest BCUT2D eigenvalue weighted by Crippen LogP contribution is -2.25. The number of unbranched alkanes of at least 4 members (excludes halogenated alkanes) is 1. The van der Waals surface area contributed by atoms with Crippen LogP contribution < -0.4 is 5.32 Å². The first-order chi connectivity index (χ1) is 7.22. The SMILES string of the molecule is CCCCNC(=O)CCn1cc(Cl)cn1. The molecule has 0 fully saturated rings. The van der Waals surface area contributed by atoms with Gasteiger partial charge in [-0.15, -0.1) is 0 Å². The first kappa shape index (κ1) is 12.0. The third-order valence-corrected chi connectivity index (χ3v) is 2.22. The van der Waals surface area contributed by atoms with Crippen LogP contribution in [0.5, 0.6) is 0 Å². The van der Waals surface area contributed by atoms with Gasteiger partial charge in [-0.05, 0) is 6.42 Å². The molecule has 0 aliphatic carbocycles. The Hall–Kier alpha value is -1.03. The fraction of sp³-hybridized carbons (Fsp3) is 0.600. The van der Waals surface area contributed by atoms with Gasteiger partial charge in [-0.25, -0.2) is 0 Å². The van der Waals surface area contributed by atoms with Gasteiger partial charge in [0.15, 0.2) is 0 Å². The summed E-state index contributed by atoms with van der Waals surface area (Å²) in [6, 6.07) is 0. The van der Waals surface area contributed by atoms with Crippen LogP contribution in [0, 0.1) is 0 Å². The lowest BCUT2D eigenvalue weighted by molar-refractivity contribution is -0.121. The average Bonchev–Trinajstić information content (AvgIpc) is 2.62. The van der Waals surface area contributed by atoms with Crippen LogP contribution in [-0.4, -0.2) is 22.2 Å². The Labute approximate surface area is 94.6 Å². The van der Waals surface area contributed by atoms with Crippen LogP contribution in [0.15, 0.2) is 12.4 Å². The molecule has 84 valence electrons. The Balaban J connectivity index is 2.16. The molecule has 1 rings (SSSR count). The van der Waals surface area contributed by atoms with Crippen LogP contribution >= 0.6 is 11.6 Å². The van der Waals surface area contributed by atoms with Crippen molar-refractivity contribution in [1.29, 1.82) is 0 Å². The van der Waals surface area contributed by atoms with Crippen molar-refractivity contribution in [2.24, 2.45) is 0 Å². The fourth-order valence-electron chi connectivity index (χ4n) is 1.17. The van der Waals surface area contributed by atoms with Crippen molar-refractivity contribution < 1.29 is 4.79 Å². The zero-order chi connectivity index (χ0) is 11.1. The summed E-state index contributed by atoms with van der Waals surface area (Å²) in [6.45, 7) is 3.43. The third-order valence-electron chi connectivity index (χ3n) is 2.02. The number of nitrogens with zero attached hydrogens (tertiary/aromatic N) is 2. The second kappa shape index (κ2) is 6.45. The predicted molar refractivity (Wildman–Crippen MR) is 59.8 cm³/mol. The van der Waals surface area contributed by atoms with Crippen LogP contribution in [0.4, 0.5) is 0 Å². The van der Waals surface area contributed by atoms with Crippen molar-refractivity contribution in [1.82, 2.24) is 15.1 Å². The van der Waals surface area contributed by atoms with Crippen LogP contribution in [0.2, 0.25) is 5.02 Å². The molecule has 0 atom stereocenters. The number of carbonyl (C=O) groups is 1. The van der Waals surface area contributed by atoms with E-state index in [-0.39, 0.29) is 5.91 Å². The van der Waals surface area contributed by atoms with Crippen molar-refractivity contribution in [2.75, 3.05) is 6.54 Å². The number of aryl methyl sites for hydroxylation is 1. The van der Waals surface area contributed by atoms with Gasteiger partial charge in [-0.2, -0.15) is 5.10 Å². The van der Waals surface area contributed by atoms with E-state index in [2.05, 4.69) is 17.3 Å². The molecule has 5 heteroatoms. The highest BCUT2D eigenvalue weighted by Crippen LogP contribution is 2.04. The molecule has 1 amide bonds. The topological polar surface area (TPSA) is 46.9 Å². The molecule has 1 heterocycles. The maximum Gasteiger partial charge on any atom is 0.221 e. The normalized spacial score (nSPS) is 10.3. The Morgan fingerprint density at radius 1 is 1.67 bits per heavy atom. The number of carbonyl (C=O) groups excluding carboxylic acids is 1. The standard InChI is InChI=1S/C10H16ClN3O/c1-2-3-5-12-10(15)4-6-14-8-9(11)7-13-14/h7-8H,2-6H2,1H3,(H,12,15). The maximum absolute atomic E-state index is 11.3. The smallest absolute Gasteiger partial charge is 0.221 e. The van der Waals surface area contributed by atoms with Crippen LogP contribution in [-0.2, 0) is 11.3 Å². The molecule has 0 spiro atoms. The van der Waals surface area contributed by atoms with E-state index in [0.29, 0.717) is 18.0 Å². The van der Waals surface area contributed by atoms with E-state index in [1.807, 2.05) is 0 Å². The highest BCUT2D eigenvalue weighted by molar-refractivity contribution is 6.30. The molecule has 0 saturated heterocycles. The summed E-state index contributed by atoms with van der Waals surface area (Å²) in [5, 5.41) is 7.44. The number of aromatic nitrogens is 2. The van der Waals surface area contributed by atoms with E-state index in [1.165, 1.54) is 0 Å². The quantitative estimate of drug-likeness (QED) is 0.757. The number of halogens is 1. The highest BCUT2D eigenvalue weighted by atomic mass is 35.5. The molecule has 0 bridgehead atoms. The second-order valence-corrected chi connectivity index (χ2v) is 3.81. The van der Waals surface area contributed by atoms with Gasteiger partial charge in [0.1, 0.15) is 0 Å². The number of hydrogen-bond donors (Lipinski definition) is 1. The molecule has 4 nitrogen and oxygen atoms in total. The highest BCUT2D eigenvalue weighted by Gasteiger charge is 2.01. The van der Waals surface area contributed by atoms with Crippen molar-refractivity contribution in [3.8, 4) is 0 Å². The van der Waals surface area contributed by atoms with Gasteiger partial charge >= 0.3 is 0 Å². The summed E-state index contributed by atoms with van der Waals surface area (Å²) in [5.74, 6) is 0.0649. The molecule has 15 heavy (non-hydrogen) atoms. The molecule has 0 aliphatic rings. The molecular weight excluding hydrogens is 214 g/mol. The van der Waals surface area contributed by atoms with E-state index in [9.17, 15) is 4.79 Å². The zero-order valence-electron chi connectivity index (χ0n) is 8.87. The molecule has 0 aromatic carbocycles. The summed E-state index contributed by atoms with van der Waals surface area (Å²) in [4.78, 5) is 11.3. The Morgan fingerprint density at radius 3 is 3.07 bits per heavy atom. The minimum absolute atomic E-state index is 0.0649. The molecule has 1 aromatic heterocycles. The monoisotopic (exact) mass is 229 g/mol. The lowest BCUT2D eigenvalue weighted by Gasteiger charge is -2.03. The zero-order valence-corrected chi connectivity index (χ0v) is 9.63. The van der Waals surface area contributed by atoms with E-state index in [0.717, 1.165) is 19.4 Å². The second-order valence-electron chi connectivity index (χ2n) is 3.38. The summed E-state index contributed by atoms with van der Waals surface area (Å²) in [6.07, 6.45) is 5.84. The number of hydrogen-bond acceptors (Lipinski definition) is 2. The van der Waals surface area contributed by atoms with Gasteiger partial charge in [-0.3, -0.25) is 9.48 Å². The Morgan fingerprint density at radius 2 is 2.47 bits per heavy atom. The largest absolute Gasteiger partial charge is 0.356 e. The van der Waals surface area contributed by atoms with Crippen LogP contribution in [0.3, 0.4) is 0 Å². The number of amides is 1. The van der Waals surface area contributed by atoms with E-state index >= 15 is 0 Å². The Kier molecular flexibility index (Phi) is 5.18. The summed E-state index contributed by atoms with van der Waals surface area (Å²) in [7, 11) is 0. The molecule has 1 aromatic rings. The van der Waals surface area contributed by atoms with Crippen molar-refractivity contribution in [2.45, 2.75) is 32.7 Å². The summed E-state index contributed by atoms with van der Waals surface area (Å²) in [5.41, 5.74) is 0. The predicted octanol–water partition coefficient (Wildman–Crippen LogP) is 1.84. The van der Waals surface area contributed by atoms with E-state index in [4.69, 9.17) is 11.6 Å². The number of rotatable bonds is 6. The fourth-order valence-corrected chi connectivity index (χ4v) is 1.33. The van der Waals surface area contributed by atoms with Gasteiger partial charge < -0.3 is 5.32 Å². The molecule has 0 aliphatic heterocycles. The third kappa shape index (κ3) is 4.83.